The molecule has 0 bridgehead atoms. The molecule has 2 aromatic rings. The van der Waals surface area contributed by atoms with Gasteiger partial charge in [-0.3, -0.25) is 4.79 Å². The van der Waals surface area contributed by atoms with Crippen LogP contribution in [-0.2, 0) is 14.2 Å². The summed E-state index contributed by atoms with van der Waals surface area (Å²) >= 11 is 0. The number of hydrogen-bond donors (Lipinski definition) is 9. The van der Waals surface area contributed by atoms with Crippen molar-refractivity contribution in [2.45, 2.75) is 80.9 Å². The molecule has 230 valence electrons. The van der Waals surface area contributed by atoms with Gasteiger partial charge in [0.05, 0.1) is 19.1 Å². The van der Waals surface area contributed by atoms with Crippen LogP contribution >= 0.6 is 0 Å². The van der Waals surface area contributed by atoms with Crippen LogP contribution in [0.25, 0.3) is 0 Å². The molecule has 0 radical (unpaired) electrons. The number of benzene rings is 2. The number of carbonyl (C=O) groups is 1. The first-order valence-corrected chi connectivity index (χ1v) is 13.1. The summed E-state index contributed by atoms with van der Waals surface area (Å²) in [5, 5.41) is 91.9. The Bertz CT molecular complexity index is 1300. The lowest BCUT2D eigenvalue weighted by Gasteiger charge is -2.42. The summed E-state index contributed by atoms with van der Waals surface area (Å²) in [5.41, 5.74) is -0.0213. The fraction of sp³-hybridized carbons (Fsp3) is 0.519. The van der Waals surface area contributed by atoms with Gasteiger partial charge in [0.25, 0.3) is 0 Å². The molecule has 5 rings (SSSR count). The number of phenols is 3. The van der Waals surface area contributed by atoms with Crippen molar-refractivity contribution < 1.29 is 74.4 Å². The van der Waals surface area contributed by atoms with Gasteiger partial charge >= 0.3 is 0 Å². The highest BCUT2D eigenvalue weighted by Gasteiger charge is 2.47. The molecule has 0 aliphatic carbocycles. The predicted molar refractivity (Wildman–Crippen MR) is 136 cm³/mol. The quantitative estimate of drug-likeness (QED) is 0.173. The van der Waals surface area contributed by atoms with E-state index < -0.39 is 85.7 Å². The Morgan fingerprint density at radius 2 is 1.50 bits per heavy atom. The SMILES string of the molecule is CC1OC(OCC2OC(Oc3cc(O)c4c(c3)OC(c3cc(O)ccc3O)CC4=O)C(O)C(O)C2O)C(O)C(O)C1O. The highest BCUT2D eigenvalue weighted by Crippen LogP contribution is 2.44. The molecule has 15 heteroatoms. The van der Waals surface area contributed by atoms with Crippen molar-refractivity contribution in [1.82, 2.24) is 0 Å². The smallest absolute Gasteiger partial charge is 0.229 e. The number of phenolic OH excluding ortho intramolecular Hbond substituents is 3. The standard InChI is InChI=1S/C27H32O15/c1-9-20(32)22(34)24(36)26(39-9)38-8-18-21(33)23(35)25(37)27(42-18)40-11-5-14(30)19-15(31)7-16(41-17(19)6-11)12-4-10(28)2-3-13(12)29/h2-6,9,16,18,20-30,32-37H,7-8H2,1H3. The van der Waals surface area contributed by atoms with Crippen LogP contribution < -0.4 is 9.47 Å². The van der Waals surface area contributed by atoms with Crippen molar-refractivity contribution in [3.8, 4) is 28.7 Å². The van der Waals surface area contributed by atoms with Crippen molar-refractivity contribution in [1.29, 1.82) is 0 Å². The van der Waals surface area contributed by atoms with Crippen LogP contribution in [0.2, 0.25) is 0 Å². The molecule has 2 fully saturated rings. The predicted octanol–water partition coefficient (Wildman–Crippen LogP) is -1.46. The molecule has 11 atom stereocenters. The van der Waals surface area contributed by atoms with E-state index in [1.807, 2.05) is 0 Å². The van der Waals surface area contributed by atoms with E-state index in [4.69, 9.17) is 23.7 Å². The van der Waals surface area contributed by atoms with Crippen molar-refractivity contribution in [2.75, 3.05) is 6.61 Å². The van der Waals surface area contributed by atoms with Gasteiger partial charge in [0.2, 0.25) is 6.29 Å². The van der Waals surface area contributed by atoms with Crippen LogP contribution in [0.1, 0.15) is 35.4 Å². The summed E-state index contributed by atoms with van der Waals surface area (Å²) in [6, 6.07) is 6.01. The minimum atomic E-state index is -1.79. The minimum absolute atomic E-state index is 0.127. The zero-order chi connectivity index (χ0) is 30.5. The molecule has 0 spiro atoms. The Morgan fingerprint density at radius 1 is 0.810 bits per heavy atom. The third-order valence-electron chi connectivity index (χ3n) is 7.49. The molecule has 0 saturated carbocycles. The number of rotatable bonds is 6. The van der Waals surface area contributed by atoms with Crippen LogP contribution in [0.4, 0.5) is 0 Å². The maximum Gasteiger partial charge on any atom is 0.229 e. The molecule has 3 aliphatic rings. The molecular formula is C27H32O15. The van der Waals surface area contributed by atoms with Crippen molar-refractivity contribution in [3.05, 3.63) is 41.5 Å². The summed E-state index contributed by atoms with van der Waals surface area (Å²) in [7, 11) is 0. The molecule has 11 unspecified atom stereocenters. The fourth-order valence-corrected chi connectivity index (χ4v) is 5.08. The van der Waals surface area contributed by atoms with Crippen LogP contribution in [-0.4, -0.2) is 120 Å². The van der Waals surface area contributed by atoms with Gasteiger partial charge in [-0.15, -0.1) is 0 Å². The molecule has 0 amide bonds. The van der Waals surface area contributed by atoms with E-state index >= 15 is 0 Å². The molecule has 15 nitrogen and oxygen atoms in total. The van der Waals surface area contributed by atoms with Gasteiger partial charge in [-0.1, -0.05) is 0 Å². The number of aliphatic hydroxyl groups is 6. The van der Waals surface area contributed by atoms with Crippen molar-refractivity contribution in [3.63, 3.8) is 0 Å². The summed E-state index contributed by atoms with van der Waals surface area (Å²) in [5.74, 6) is -1.72. The third-order valence-corrected chi connectivity index (χ3v) is 7.49. The Hall–Kier alpha value is -3.25. The molecule has 9 N–H and O–H groups in total. The number of fused-ring (bicyclic) bond motifs is 1. The molecular weight excluding hydrogens is 564 g/mol. The lowest BCUT2D eigenvalue weighted by atomic mass is 9.95. The van der Waals surface area contributed by atoms with E-state index in [9.17, 15) is 50.8 Å². The van der Waals surface area contributed by atoms with E-state index in [1.165, 1.54) is 31.2 Å². The molecule has 0 aromatic heterocycles. The molecule has 2 saturated heterocycles. The number of aromatic hydroxyl groups is 3. The van der Waals surface area contributed by atoms with E-state index in [0.29, 0.717) is 0 Å². The first-order valence-electron chi connectivity index (χ1n) is 13.1. The van der Waals surface area contributed by atoms with Crippen LogP contribution in [0, 0.1) is 0 Å². The maximum atomic E-state index is 12.8. The van der Waals surface area contributed by atoms with E-state index in [1.54, 1.807) is 0 Å². The van der Waals surface area contributed by atoms with Crippen LogP contribution in [0.3, 0.4) is 0 Å². The Labute approximate surface area is 238 Å². The van der Waals surface area contributed by atoms with Gasteiger partial charge in [0, 0.05) is 17.7 Å². The summed E-state index contributed by atoms with van der Waals surface area (Å²) in [6.45, 7) is 0.941. The van der Waals surface area contributed by atoms with E-state index in [0.717, 1.165) is 6.07 Å². The topological polar surface area (TPSA) is 245 Å². The highest BCUT2D eigenvalue weighted by molar-refractivity contribution is 6.02. The monoisotopic (exact) mass is 596 g/mol. The van der Waals surface area contributed by atoms with Crippen LogP contribution in [0.15, 0.2) is 30.3 Å². The third kappa shape index (κ3) is 5.70. The lowest BCUT2D eigenvalue weighted by Crippen LogP contribution is -2.61. The molecule has 3 aliphatic heterocycles. The summed E-state index contributed by atoms with van der Waals surface area (Å²) in [4.78, 5) is 12.8. The highest BCUT2D eigenvalue weighted by atomic mass is 16.7. The average molecular weight is 597 g/mol. The second-order valence-electron chi connectivity index (χ2n) is 10.4. The second kappa shape index (κ2) is 11.8. The first-order chi connectivity index (χ1) is 19.8. The first kappa shape index (κ1) is 30.2. The summed E-state index contributed by atoms with van der Waals surface area (Å²) < 4.78 is 27.9. The summed E-state index contributed by atoms with van der Waals surface area (Å²) in [6.07, 6.45) is -16.4. The van der Waals surface area contributed by atoms with Gasteiger partial charge in [0.1, 0.15) is 83.1 Å². The van der Waals surface area contributed by atoms with Gasteiger partial charge in [-0.05, 0) is 25.1 Å². The Kier molecular flexibility index (Phi) is 8.48. The number of hydrogen-bond acceptors (Lipinski definition) is 15. The fourth-order valence-electron chi connectivity index (χ4n) is 5.08. The maximum absolute atomic E-state index is 12.8. The number of carbonyl (C=O) groups excluding carboxylic acids is 1. The van der Waals surface area contributed by atoms with Crippen molar-refractivity contribution >= 4 is 5.78 Å². The average Bonchev–Trinajstić information content (AvgIpc) is 2.94. The van der Waals surface area contributed by atoms with Crippen molar-refractivity contribution in [2.24, 2.45) is 0 Å². The van der Waals surface area contributed by atoms with Gasteiger partial charge in [-0.2, -0.15) is 0 Å². The number of ether oxygens (including phenoxy) is 5. The van der Waals surface area contributed by atoms with E-state index in [-0.39, 0.29) is 40.5 Å². The van der Waals surface area contributed by atoms with Gasteiger partial charge < -0.3 is 69.6 Å². The minimum Gasteiger partial charge on any atom is -0.508 e. The number of aliphatic hydroxyl groups excluding tert-OH is 6. The Balaban J connectivity index is 1.31. The van der Waals surface area contributed by atoms with Crippen LogP contribution in [0.5, 0.6) is 28.7 Å². The lowest BCUT2D eigenvalue weighted by molar-refractivity contribution is -0.318. The largest absolute Gasteiger partial charge is 0.508 e. The normalized spacial score (nSPS) is 36.6. The zero-order valence-corrected chi connectivity index (χ0v) is 22.1. The second-order valence-corrected chi connectivity index (χ2v) is 10.4. The van der Waals surface area contributed by atoms with E-state index in [2.05, 4.69) is 0 Å². The molecule has 3 heterocycles. The number of ketones is 1. The molecule has 2 aromatic carbocycles. The van der Waals surface area contributed by atoms with Gasteiger partial charge in [0.15, 0.2) is 12.1 Å². The van der Waals surface area contributed by atoms with Gasteiger partial charge in [-0.25, -0.2) is 0 Å². The molecule has 42 heavy (non-hydrogen) atoms. The number of Topliss-reactive ketones (excluding diaryl/α,β-unsaturated/α-hetero) is 1. The zero-order valence-electron chi connectivity index (χ0n) is 22.1. The Morgan fingerprint density at radius 3 is 2.24 bits per heavy atom.